The number of hydrogen-bond donors (Lipinski definition) is 2. The molecule has 0 heterocycles. The summed E-state index contributed by atoms with van der Waals surface area (Å²) in [5, 5.41) is 5.60. The molecule has 0 unspecified atom stereocenters. The van der Waals surface area contributed by atoms with Crippen molar-refractivity contribution < 1.29 is 31.4 Å². The first kappa shape index (κ1) is 27.6. The molecule has 0 aliphatic carbocycles. The Morgan fingerprint density at radius 1 is 0.886 bits per heavy atom. The summed E-state index contributed by atoms with van der Waals surface area (Å²) in [6.45, 7) is 4.22. The van der Waals surface area contributed by atoms with Crippen molar-refractivity contribution in [2.24, 2.45) is 5.92 Å². The lowest BCUT2D eigenvalue weighted by Crippen LogP contribution is -2.45. The zero-order valence-electron chi connectivity index (χ0n) is 19.7. The molecule has 0 aliphatic heterocycles. The van der Waals surface area contributed by atoms with Crippen molar-refractivity contribution in [2.45, 2.75) is 39.4 Å². The zero-order chi connectivity index (χ0) is 26.0. The molecule has 192 valence electrons. The van der Waals surface area contributed by atoms with E-state index in [4.69, 9.17) is 0 Å². The molecule has 4 nitrogen and oxygen atoms in total. The molecule has 2 amide bonds. The van der Waals surface area contributed by atoms with Gasteiger partial charge < -0.3 is 10.6 Å². The second kappa shape index (κ2) is 12.7. The Morgan fingerprint density at radius 2 is 1.43 bits per heavy atom. The first-order chi connectivity index (χ1) is 16.5. The summed E-state index contributed by atoms with van der Waals surface area (Å²) in [7, 11) is 0. The minimum atomic E-state index is -4.00. The summed E-state index contributed by atoms with van der Waals surface area (Å²) >= 11 is 0. The fourth-order valence-electron chi connectivity index (χ4n) is 2.77. The van der Waals surface area contributed by atoms with E-state index in [1.54, 1.807) is 0 Å². The lowest BCUT2D eigenvalue weighted by molar-refractivity contribution is -0.164. The molecular formula is C27H34F4N2O2. The predicted octanol–water partition coefficient (Wildman–Crippen LogP) is 7.06. The van der Waals surface area contributed by atoms with Crippen LogP contribution in [-0.4, -0.2) is 24.0 Å². The number of amides is 2. The molecule has 0 saturated carbocycles. The van der Waals surface area contributed by atoms with Gasteiger partial charge in [-0.1, -0.05) is 61.9 Å². The molecule has 0 aromatic heterocycles. The van der Waals surface area contributed by atoms with Crippen molar-refractivity contribution in [3.05, 3.63) is 101 Å². The van der Waals surface area contributed by atoms with Crippen LogP contribution in [0.5, 0.6) is 0 Å². The maximum atomic E-state index is 13.1. The van der Waals surface area contributed by atoms with Crippen molar-refractivity contribution in [1.29, 1.82) is 0 Å². The summed E-state index contributed by atoms with van der Waals surface area (Å²) in [6, 6.07) is 21.3. The van der Waals surface area contributed by atoms with Gasteiger partial charge in [0.15, 0.2) is 0 Å². The summed E-state index contributed by atoms with van der Waals surface area (Å²) in [5.74, 6) is -2.37. The van der Waals surface area contributed by atoms with Crippen LogP contribution in [-0.2, 0) is 11.2 Å². The Morgan fingerprint density at radius 3 is 1.94 bits per heavy atom. The van der Waals surface area contributed by atoms with E-state index in [1.165, 1.54) is 24.3 Å². The molecule has 0 bridgehead atoms. The highest BCUT2D eigenvalue weighted by atomic mass is 19.4. The summed E-state index contributed by atoms with van der Waals surface area (Å²) in [6.07, 6.45) is -3.66. The molecule has 35 heavy (non-hydrogen) atoms. The fourth-order valence-corrected chi connectivity index (χ4v) is 2.77. The van der Waals surface area contributed by atoms with Crippen LogP contribution >= 0.6 is 0 Å². The number of alkyl halides is 3. The molecule has 8 heteroatoms. The van der Waals surface area contributed by atoms with E-state index < -0.39 is 29.9 Å². The number of hydrogen-bond acceptors (Lipinski definition) is 2. The van der Waals surface area contributed by atoms with Gasteiger partial charge in [0, 0.05) is 27.9 Å². The van der Waals surface area contributed by atoms with Crippen molar-refractivity contribution in [3.63, 3.8) is 0 Å². The van der Waals surface area contributed by atoms with Crippen LogP contribution in [0.25, 0.3) is 0 Å². The van der Waals surface area contributed by atoms with Crippen molar-refractivity contribution in [2.75, 3.05) is 5.32 Å². The fraction of sp³-hybridized carbons (Fsp3) is 0.259. The van der Waals surface area contributed by atoms with E-state index in [0.717, 1.165) is 25.0 Å². The van der Waals surface area contributed by atoms with Crippen molar-refractivity contribution in [3.8, 4) is 0 Å². The third-order valence-electron chi connectivity index (χ3n) is 4.98. The molecule has 0 radical (unpaired) electrons. The van der Waals surface area contributed by atoms with Gasteiger partial charge >= 0.3 is 6.18 Å². The Kier molecular flexibility index (Phi) is 9.99. The second-order valence-corrected chi connectivity index (χ2v) is 8.27. The first-order valence-electron chi connectivity index (χ1n) is 11.0. The third kappa shape index (κ3) is 9.60. The normalized spacial score (nSPS) is 11.8. The highest BCUT2D eigenvalue weighted by Crippen LogP contribution is 2.24. The molecule has 1 atom stereocenters. The number of carbonyl (C=O) groups is 2. The van der Waals surface area contributed by atoms with E-state index >= 15 is 0 Å². The SMILES string of the molecule is CC(C)C(F)(F)F.Cc1ccc(NC(=O)[C@H](Cc2ccccc2)NC(=O)c2ccc(F)cc2)cc1.[HH].[HH].[HH]. The van der Waals surface area contributed by atoms with E-state index in [2.05, 4.69) is 10.6 Å². The minimum absolute atomic E-state index is 0. The Hall–Kier alpha value is -3.68. The van der Waals surface area contributed by atoms with Crippen LogP contribution in [0.4, 0.5) is 23.2 Å². The van der Waals surface area contributed by atoms with Crippen LogP contribution in [0.3, 0.4) is 0 Å². The minimum Gasteiger partial charge on any atom is -0.340 e. The van der Waals surface area contributed by atoms with Crippen LogP contribution in [0.15, 0.2) is 78.9 Å². The zero-order valence-corrected chi connectivity index (χ0v) is 19.7. The van der Waals surface area contributed by atoms with E-state index in [-0.39, 0.29) is 10.2 Å². The molecule has 3 rings (SSSR count). The van der Waals surface area contributed by atoms with Crippen LogP contribution in [0.1, 0.15) is 39.6 Å². The van der Waals surface area contributed by atoms with Crippen molar-refractivity contribution >= 4 is 17.5 Å². The molecule has 3 aromatic rings. The van der Waals surface area contributed by atoms with Crippen LogP contribution in [0.2, 0.25) is 0 Å². The lowest BCUT2D eigenvalue weighted by atomic mass is 10.0. The second-order valence-electron chi connectivity index (χ2n) is 8.27. The maximum Gasteiger partial charge on any atom is 0.391 e. The van der Waals surface area contributed by atoms with Gasteiger partial charge in [-0.05, 0) is 48.9 Å². The number of rotatable bonds is 6. The average molecular weight is 495 g/mol. The molecular weight excluding hydrogens is 460 g/mol. The van der Waals surface area contributed by atoms with Crippen LogP contribution in [0, 0.1) is 18.7 Å². The van der Waals surface area contributed by atoms with Gasteiger partial charge in [0.1, 0.15) is 11.9 Å². The highest BCUT2D eigenvalue weighted by Gasteiger charge is 2.31. The Balaban J connectivity index is 0. The predicted molar refractivity (Wildman–Crippen MR) is 135 cm³/mol. The number of halogens is 4. The molecule has 0 spiro atoms. The standard InChI is InChI=1S/C23H21FN2O2.C4H7F3.3H2/c1-16-7-13-20(14-8-16)25-23(28)21(15-17-5-3-2-4-6-17)26-22(27)18-9-11-19(24)12-10-18;1-3(2)4(5,6)7;;;/h2-14,21H,15H2,1H3,(H,25,28)(H,26,27);3H,1-2H3;3*1H/t21-;;;;/m0..../s1. The molecule has 2 N–H and O–H groups in total. The molecule has 0 saturated heterocycles. The van der Waals surface area contributed by atoms with E-state index in [9.17, 15) is 27.2 Å². The van der Waals surface area contributed by atoms with Crippen molar-refractivity contribution in [1.82, 2.24) is 5.32 Å². The Bertz CT molecular complexity index is 1100. The average Bonchev–Trinajstić information content (AvgIpc) is 2.81. The number of carbonyl (C=O) groups excluding carboxylic acids is 2. The maximum absolute atomic E-state index is 13.1. The van der Waals surface area contributed by atoms with Gasteiger partial charge in [-0.2, -0.15) is 13.2 Å². The van der Waals surface area contributed by atoms with Crippen LogP contribution < -0.4 is 10.6 Å². The molecule has 0 fully saturated rings. The van der Waals surface area contributed by atoms with E-state index in [0.29, 0.717) is 17.7 Å². The summed E-state index contributed by atoms with van der Waals surface area (Å²) in [5.41, 5.74) is 2.96. The van der Waals surface area contributed by atoms with Gasteiger partial charge in [-0.15, -0.1) is 0 Å². The topological polar surface area (TPSA) is 58.2 Å². The van der Waals surface area contributed by atoms with Gasteiger partial charge in [-0.3, -0.25) is 9.59 Å². The van der Waals surface area contributed by atoms with Gasteiger partial charge in [-0.25, -0.2) is 4.39 Å². The number of anilines is 1. The lowest BCUT2D eigenvalue weighted by Gasteiger charge is -2.19. The summed E-state index contributed by atoms with van der Waals surface area (Å²) < 4.78 is 46.6. The summed E-state index contributed by atoms with van der Waals surface area (Å²) in [4.78, 5) is 25.4. The molecule has 3 aromatic carbocycles. The first-order valence-corrected chi connectivity index (χ1v) is 11.0. The van der Waals surface area contributed by atoms with Gasteiger partial charge in [0.2, 0.25) is 5.91 Å². The van der Waals surface area contributed by atoms with E-state index in [1.807, 2.05) is 61.5 Å². The number of aryl methyl sites for hydroxylation is 1. The number of benzene rings is 3. The monoisotopic (exact) mass is 494 g/mol. The van der Waals surface area contributed by atoms with Gasteiger partial charge in [0.05, 0.1) is 0 Å². The smallest absolute Gasteiger partial charge is 0.340 e. The quantitative estimate of drug-likeness (QED) is 0.361. The highest BCUT2D eigenvalue weighted by molar-refractivity contribution is 6.01. The van der Waals surface area contributed by atoms with Gasteiger partial charge in [0.25, 0.3) is 5.91 Å². The largest absolute Gasteiger partial charge is 0.391 e. The number of nitrogens with one attached hydrogen (secondary N) is 2. The third-order valence-corrected chi connectivity index (χ3v) is 4.98. The molecule has 0 aliphatic rings. The Labute approximate surface area is 206 Å².